The van der Waals surface area contributed by atoms with Crippen LogP contribution in [0.3, 0.4) is 0 Å². The Morgan fingerprint density at radius 1 is 1.26 bits per heavy atom. The van der Waals surface area contributed by atoms with Crippen molar-refractivity contribution in [3.63, 3.8) is 0 Å². The smallest absolute Gasteiger partial charge is 0.262 e. The molecule has 0 N–H and O–H groups in total. The summed E-state index contributed by atoms with van der Waals surface area (Å²) in [6, 6.07) is 0. The molecule has 128 valence electrons. The molecule has 0 aromatic carbocycles. The first-order valence-corrected chi connectivity index (χ1v) is 9.60. The van der Waals surface area contributed by atoms with E-state index >= 15 is 0 Å². The van der Waals surface area contributed by atoms with Crippen LogP contribution in [0.1, 0.15) is 31.5 Å². The van der Waals surface area contributed by atoms with Gasteiger partial charge in [0.25, 0.3) is 10.0 Å². The molecule has 0 radical (unpaired) electrons. The number of hydrogen-bond donors (Lipinski definition) is 0. The fourth-order valence-corrected chi connectivity index (χ4v) is 4.36. The van der Waals surface area contributed by atoms with E-state index in [9.17, 15) is 13.2 Å². The fraction of sp³-hybridized carbons (Fsp3) is 0.733. The van der Waals surface area contributed by atoms with Crippen LogP contribution in [0.2, 0.25) is 0 Å². The molecule has 2 heterocycles. The van der Waals surface area contributed by atoms with Crippen LogP contribution in [0.4, 0.5) is 0 Å². The Balaban J connectivity index is 1.68. The molecule has 0 bridgehead atoms. The Kier molecular flexibility index (Phi) is 4.46. The summed E-state index contributed by atoms with van der Waals surface area (Å²) in [5.74, 6) is 1.39. The van der Waals surface area contributed by atoms with Gasteiger partial charge < -0.3 is 9.47 Å². The maximum atomic E-state index is 12.7. The maximum absolute atomic E-state index is 12.7. The van der Waals surface area contributed by atoms with E-state index < -0.39 is 10.0 Å². The van der Waals surface area contributed by atoms with E-state index in [1.165, 1.54) is 4.31 Å². The quantitative estimate of drug-likeness (QED) is 0.811. The Hall–Kier alpha value is -1.41. The van der Waals surface area contributed by atoms with Gasteiger partial charge in [-0.2, -0.15) is 4.31 Å². The van der Waals surface area contributed by atoms with Gasteiger partial charge in [0.15, 0.2) is 5.03 Å². The summed E-state index contributed by atoms with van der Waals surface area (Å²) in [6.07, 6.45) is 5.14. The topological polar surface area (TPSA) is 75.5 Å². The zero-order valence-corrected chi connectivity index (χ0v) is 14.5. The molecule has 2 fully saturated rings. The van der Waals surface area contributed by atoms with Gasteiger partial charge in [0, 0.05) is 45.8 Å². The van der Waals surface area contributed by atoms with Crippen LogP contribution in [-0.2, 0) is 21.9 Å². The molecule has 1 aliphatic carbocycles. The number of imidazole rings is 1. The van der Waals surface area contributed by atoms with Crippen molar-refractivity contribution in [2.75, 3.05) is 26.2 Å². The summed E-state index contributed by atoms with van der Waals surface area (Å²) >= 11 is 0. The molecule has 7 nitrogen and oxygen atoms in total. The first kappa shape index (κ1) is 16.4. The van der Waals surface area contributed by atoms with Gasteiger partial charge >= 0.3 is 0 Å². The minimum atomic E-state index is -3.58. The van der Waals surface area contributed by atoms with Crippen LogP contribution < -0.4 is 0 Å². The average molecular weight is 340 g/mol. The number of carbonyl (C=O) groups is 1. The third kappa shape index (κ3) is 3.58. The van der Waals surface area contributed by atoms with Gasteiger partial charge in [-0.05, 0) is 32.1 Å². The first-order chi connectivity index (χ1) is 10.9. The van der Waals surface area contributed by atoms with E-state index in [-0.39, 0.29) is 10.9 Å². The first-order valence-electron chi connectivity index (χ1n) is 8.16. The summed E-state index contributed by atoms with van der Waals surface area (Å²) in [5.41, 5.74) is 0. The van der Waals surface area contributed by atoms with E-state index in [4.69, 9.17) is 0 Å². The third-order valence-corrected chi connectivity index (χ3v) is 6.43. The average Bonchev–Trinajstić information content (AvgIpc) is 3.27. The van der Waals surface area contributed by atoms with Crippen molar-refractivity contribution in [3.05, 3.63) is 12.0 Å². The van der Waals surface area contributed by atoms with E-state index in [0.717, 1.165) is 12.8 Å². The Labute approximate surface area is 137 Å². The van der Waals surface area contributed by atoms with E-state index in [0.29, 0.717) is 50.8 Å². The molecule has 1 aliphatic heterocycles. The molecule has 8 heteroatoms. The standard InChI is InChI=1S/C15H24N4O3S/c1-12-16-14(11-17(12)2)23(21,22)19-7-3-6-18(8-9-19)15(20)10-13-4-5-13/h11,13H,3-10H2,1-2H3. The van der Waals surface area contributed by atoms with Crippen LogP contribution in [0.25, 0.3) is 0 Å². The molecule has 2 aliphatic rings. The highest BCUT2D eigenvalue weighted by molar-refractivity contribution is 7.89. The zero-order valence-electron chi connectivity index (χ0n) is 13.7. The normalized spacial score (nSPS) is 20.5. The summed E-state index contributed by atoms with van der Waals surface area (Å²) < 4.78 is 28.6. The summed E-state index contributed by atoms with van der Waals surface area (Å²) in [6.45, 7) is 3.66. The number of rotatable bonds is 4. The van der Waals surface area contributed by atoms with Crippen LogP contribution in [0, 0.1) is 12.8 Å². The van der Waals surface area contributed by atoms with Gasteiger partial charge in [-0.3, -0.25) is 4.79 Å². The molecule has 1 aromatic rings. The lowest BCUT2D eigenvalue weighted by atomic mass is 10.2. The van der Waals surface area contributed by atoms with Crippen LogP contribution in [0.15, 0.2) is 11.2 Å². The van der Waals surface area contributed by atoms with E-state index in [1.54, 1.807) is 24.7 Å². The van der Waals surface area contributed by atoms with Crippen molar-refractivity contribution in [2.45, 2.75) is 37.6 Å². The highest BCUT2D eigenvalue weighted by Gasteiger charge is 2.32. The minimum absolute atomic E-state index is 0.0928. The number of aryl methyl sites for hydroxylation is 2. The number of hydrogen-bond acceptors (Lipinski definition) is 4. The van der Waals surface area contributed by atoms with Crippen LogP contribution in [0.5, 0.6) is 0 Å². The highest BCUT2D eigenvalue weighted by atomic mass is 32.2. The van der Waals surface area contributed by atoms with Crippen molar-refractivity contribution >= 4 is 15.9 Å². The Morgan fingerprint density at radius 2 is 2.00 bits per heavy atom. The lowest BCUT2D eigenvalue weighted by Crippen LogP contribution is -2.37. The Bertz CT molecular complexity index is 674. The van der Waals surface area contributed by atoms with Crippen molar-refractivity contribution in [3.8, 4) is 0 Å². The number of nitrogens with zero attached hydrogens (tertiary/aromatic N) is 4. The molecule has 1 saturated carbocycles. The number of amides is 1. The fourth-order valence-electron chi connectivity index (χ4n) is 2.86. The predicted octanol–water partition coefficient (Wildman–Crippen LogP) is 0.752. The predicted molar refractivity (Wildman–Crippen MR) is 85.2 cm³/mol. The van der Waals surface area contributed by atoms with Gasteiger partial charge in [0.1, 0.15) is 5.82 Å². The molecule has 3 rings (SSSR count). The molecule has 1 aromatic heterocycles. The van der Waals surface area contributed by atoms with Crippen LogP contribution >= 0.6 is 0 Å². The van der Waals surface area contributed by atoms with Crippen molar-refractivity contribution in [2.24, 2.45) is 13.0 Å². The molecule has 0 spiro atoms. The number of aromatic nitrogens is 2. The summed E-state index contributed by atoms with van der Waals surface area (Å²) in [5, 5.41) is 0.0928. The van der Waals surface area contributed by atoms with Gasteiger partial charge in [-0.15, -0.1) is 0 Å². The van der Waals surface area contributed by atoms with Gasteiger partial charge in [-0.25, -0.2) is 13.4 Å². The maximum Gasteiger partial charge on any atom is 0.262 e. The monoisotopic (exact) mass is 340 g/mol. The molecule has 0 atom stereocenters. The second-order valence-corrected chi connectivity index (χ2v) is 8.41. The zero-order chi connectivity index (χ0) is 16.6. The second kappa shape index (κ2) is 6.24. The molecule has 0 unspecified atom stereocenters. The molecular formula is C15H24N4O3S. The summed E-state index contributed by atoms with van der Waals surface area (Å²) in [7, 11) is -1.80. The third-order valence-electron chi connectivity index (χ3n) is 4.66. The SMILES string of the molecule is Cc1nc(S(=O)(=O)N2CCCN(C(=O)CC3CC3)CC2)cn1C. The second-order valence-electron chi connectivity index (χ2n) is 6.52. The molecule has 23 heavy (non-hydrogen) atoms. The lowest BCUT2D eigenvalue weighted by molar-refractivity contribution is -0.131. The van der Waals surface area contributed by atoms with Crippen LogP contribution in [-0.4, -0.2) is 59.3 Å². The van der Waals surface area contributed by atoms with Crippen molar-refractivity contribution < 1.29 is 13.2 Å². The summed E-state index contributed by atoms with van der Waals surface area (Å²) in [4.78, 5) is 18.2. The van der Waals surface area contributed by atoms with Gasteiger partial charge in [0.2, 0.25) is 5.91 Å². The molecule has 1 amide bonds. The molecule has 1 saturated heterocycles. The number of carbonyl (C=O) groups excluding carboxylic acids is 1. The van der Waals surface area contributed by atoms with E-state index in [1.807, 2.05) is 4.90 Å². The van der Waals surface area contributed by atoms with E-state index in [2.05, 4.69) is 4.98 Å². The van der Waals surface area contributed by atoms with Gasteiger partial charge in [0.05, 0.1) is 0 Å². The van der Waals surface area contributed by atoms with Crippen molar-refractivity contribution in [1.29, 1.82) is 0 Å². The van der Waals surface area contributed by atoms with Gasteiger partial charge in [-0.1, -0.05) is 0 Å². The largest absolute Gasteiger partial charge is 0.341 e. The minimum Gasteiger partial charge on any atom is -0.341 e. The lowest BCUT2D eigenvalue weighted by Gasteiger charge is -2.21. The highest BCUT2D eigenvalue weighted by Crippen LogP contribution is 2.33. The number of sulfonamides is 1. The Morgan fingerprint density at radius 3 is 2.61 bits per heavy atom. The van der Waals surface area contributed by atoms with Crippen molar-refractivity contribution in [1.82, 2.24) is 18.8 Å². The molecular weight excluding hydrogens is 316 g/mol.